The molecule has 2 aromatic heterocycles. The largest absolute Gasteiger partial charge is 0.416 e. The van der Waals surface area contributed by atoms with Gasteiger partial charge in [0.05, 0.1) is 11.3 Å². The topological polar surface area (TPSA) is 54.9 Å². The summed E-state index contributed by atoms with van der Waals surface area (Å²) in [7, 11) is 0. The first kappa shape index (κ1) is 16.1. The van der Waals surface area contributed by atoms with Crippen LogP contribution in [0.5, 0.6) is 0 Å². The number of pyridine rings is 1. The summed E-state index contributed by atoms with van der Waals surface area (Å²) in [5, 5.41) is 4.57. The molecule has 8 heteroatoms. The van der Waals surface area contributed by atoms with Crippen LogP contribution in [0.25, 0.3) is 11.3 Å². The van der Waals surface area contributed by atoms with Gasteiger partial charge < -0.3 is 0 Å². The van der Waals surface area contributed by atoms with Gasteiger partial charge in [0.25, 0.3) is 5.91 Å². The molecule has 3 rings (SSSR count). The lowest BCUT2D eigenvalue weighted by atomic mass is 10.1. The molecule has 1 N–H and O–H groups in total. The van der Waals surface area contributed by atoms with Crippen molar-refractivity contribution >= 4 is 22.4 Å². The van der Waals surface area contributed by atoms with Crippen molar-refractivity contribution in [2.24, 2.45) is 0 Å². The standard InChI is InChI=1S/C16H10F3N3OS/c17-16(18,19)12-3-1-2-11(8-12)14(23)22-15-21-13(9-24-15)10-4-6-20-7-5-10/h1-9H,(H,21,22,23). The highest BCUT2D eigenvalue weighted by Gasteiger charge is 2.30. The second-order valence-corrected chi connectivity index (χ2v) is 5.66. The minimum absolute atomic E-state index is 0.0783. The Kier molecular flexibility index (Phi) is 4.30. The monoisotopic (exact) mass is 349 g/mol. The summed E-state index contributed by atoms with van der Waals surface area (Å²) in [4.78, 5) is 20.3. The van der Waals surface area contributed by atoms with Crippen molar-refractivity contribution in [3.8, 4) is 11.3 Å². The number of anilines is 1. The molecule has 4 nitrogen and oxygen atoms in total. The van der Waals surface area contributed by atoms with Crippen LogP contribution in [0, 0.1) is 0 Å². The van der Waals surface area contributed by atoms with E-state index in [9.17, 15) is 18.0 Å². The van der Waals surface area contributed by atoms with Gasteiger partial charge in [-0.1, -0.05) is 6.07 Å². The Morgan fingerprint density at radius 2 is 1.88 bits per heavy atom. The molecule has 0 aliphatic carbocycles. The molecular weight excluding hydrogens is 339 g/mol. The quantitative estimate of drug-likeness (QED) is 0.759. The van der Waals surface area contributed by atoms with E-state index >= 15 is 0 Å². The maximum Gasteiger partial charge on any atom is 0.416 e. The van der Waals surface area contributed by atoms with Crippen molar-refractivity contribution < 1.29 is 18.0 Å². The first-order valence-corrected chi connectivity index (χ1v) is 7.66. The van der Waals surface area contributed by atoms with E-state index in [-0.39, 0.29) is 5.56 Å². The molecule has 1 aromatic carbocycles. The molecule has 1 amide bonds. The molecule has 3 aromatic rings. The highest BCUT2D eigenvalue weighted by atomic mass is 32.1. The van der Waals surface area contributed by atoms with Crippen molar-refractivity contribution in [3.05, 3.63) is 65.3 Å². The van der Waals surface area contributed by atoms with Crippen LogP contribution < -0.4 is 5.32 Å². The minimum atomic E-state index is -4.49. The molecule has 0 spiro atoms. The van der Waals surface area contributed by atoms with Gasteiger partial charge in [0.2, 0.25) is 0 Å². The zero-order valence-corrected chi connectivity index (χ0v) is 12.9. The van der Waals surface area contributed by atoms with Crippen molar-refractivity contribution in [2.45, 2.75) is 6.18 Å². The fraction of sp³-hybridized carbons (Fsp3) is 0.0625. The number of nitrogens with zero attached hydrogens (tertiary/aromatic N) is 2. The molecule has 0 radical (unpaired) electrons. The number of hydrogen-bond acceptors (Lipinski definition) is 4. The average molecular weight is 349 g/mol. The highest BCUT2D eigenvalue weighted by molar-refractivity contribution is 7.14. The number of aromatic nitrogens is 2. The van der Waals surface area contributed by atoms with Crippen LogP contribution >= 0.6 is 11.3 Å². The highest BCUT2D eigenvalue weighted by Crippen LogP contribution is 2.30. The number of carbonyl (C=O) groups is 1. The van der Waals surface area contributed by atoms with E-state index in [1.807, 2.05) is 0 Å². The van der Waals surface area contributed by atoms with Crippen LogP contribution in [0.1, 0.15) is 15.9 Å². The molecule has 122 valence electrons. The van der Waals surface area contributed by atoms with Crippen LogP contribution in [0.4, 0.5) is 18.3 Å². The maximum absolute atomic E-state index is 12.7. The molecule has 0 unspecified atom stereocenters. The summed E-state index contributed by atoms with van der Waals surface area (Å²) < 4.78 is 38.1. The van der Waals surface area contributed by atoms with Gasteiger partial charge in [-0.05, 0) is 30.3 Å². The molecular formula is C16H10F3N3OS. The number of rotatable bonds is 3. The molecule has 0 bridgehead atoms. The molecule has 2 heterocycles. The Bertz CT molecular complexity index is 862. The number of halogens is 3. The first-order chi connectivity index (χ1) is 11.4. The van der Waals surface area contributed by atoms with E-state index in [1.54, 1.807) is 29.9 Å². The lowest BCUT2D eigenvalue weighted by Gasteiger charge is -2.08. The number of alkyl halides is 3. The van der Waals surface area contributed by atoms with Crippen LogP contribution in [0.15, 0.2) is 54.2 Å². The summed E-state index contributed by atoms with van der Waals surface area (Å²) in [5.74, 6) is -0.642. The molecule has 0 saturated heterocycles. The van der Waals surface area contributed by atoms with Gasteiger partial charge >= 0.3 is 6.18 Å². The third-order valence-electron chi connectivity index (χ3n) is 3.15. The summed E-state index contributed by atoms with van der Waals surface area (Å²) in [6.07, 6.45) is -1.25. The van der Waals surface area contributed by atoms with Gasteiger partial charge in [0, 0.05) is 28.9 Å². The number of carbonyl (C=O) groups excluding carboxylic acids is 1. The minimum Gasteiger partial charge on any atom is -0.298 e. The zero-order chi connectivity index (χ0) is 17.2. The van der Waals surface area contributed by atoms with Gasteiger partial charge in [-0.25, -0.2) is 4.98 Å². The zero-order valence-electron chi connectivity index (χ0n) is 12.0. The maximum atomic E-state index is 12.7. The van der Waals surface area contributed by atoms with Crippen LogP contribution in [-0.4, -0.2) is 15.9 Å². The van der Waals surface area contributed by atoms with E-state index in [0.717, 1.165) is 17.7 Å². The molecule has 0 atom stereocenters. The van der Waals surface area contributed by atoms with Gasteiger partial charge in [-0.2, -0.15) is 13.2 Å². The average Bonchev–Trinajstić information content (AvgIpc) is 3.03. The predicted molar refractivity (Wildman–Crippen MR) is 84.7 cm³/mol. The Labute approximate surface area is 139 Å². The molecule has 24 heavy (non-hydrogen) atoms. The van der Waals surface area contributed by atoms with Crippen LogP contribution in [0.3, 0.4) is 0 Å². The normalized spacial score (nSPS) is 11.3. The van der Waals surface area contributed by atoms with E-state index < -0.39 is 17.6 Å². The second kappa shape index (κ2) is 6.40. The lowest BCUT2D eigenvalue weighted by molar-refractivity contribution is -0.137. The number of thiazole rings is 1. The van der Waals surface area contributed by atoms with E-state index in [0.29, 0.717) is 10.8 Å². The van der Waals surface area contributed by atoms with Crippen LogP contribution in [-0.2, 0) is 6.18 Å². The first-order valence-electron chi connectivity index (χ1n) is 6.78. The fourth-order valence-corrected chi connectivity index (χ4v) is 2.71. The van der Waals surface area contributed by atoms with E-state index in [4.69, 9.17) is 0 Å². The smallest absolute Gasteiger partial charge is 0.298 e. The van der Waals surface area contributed by atoms with Crippen molar-refractivity contribution in [1.29, 1.82) is 0 Å². The summed E-state index contributed by atoms with van der Waals surface area (Å²) in [5.41, 5.74) is 0.541. The lowest BCUT2D eigenvalue weighted by Crippen LogP contribution is -2.13. The third kappa shape index (κ3) is 3.60. The van der Waals surface area contributed by atoms with E-state index in [2.05, 4.69) is 15.3 Å². The molecule has 0 aliphatic heterocycles. The molecule has 0 aliphatic rings. The Balaban J connectivity index is 1.77. The fourth-order valence-electron chi connectivity index (χ4n) is 1.99. The van der Waals surface area contributed by atoms with Gasteiger partial charge in [0.15, 0.2) is 5.13 Å². The Morgan fingerprint density at radius 1 is 1.12 bits per heavy atom. The van der Waals surface area contributed by atoms with Crippen molar-refractivity contribution in [3.63, 3.8) is 0 Å². The number of nitrogens with one attached hydrogen (secondary N) is 1. The van der Waals surface area contributed by atoms with Crippen molar-refractivity contribution in [1.82, 2.24) is 9.97 Å². The SMILES string of the molecule is O=C(Nc1nc(-c2ccncc2)cs1)c1cccc(C(F)(F)F)c1. The molecule has 0 fully saturated rings. The van der Waals surface area contributed by atoms with Gasteiger partial charge in [-0.3, -0.25) is 15.1 Å². The van der Waals surface area contributed by atoms with Crippen molar-refractivity contribution in [2.75, 3.05) is 5.32 Å². The number of benzene rings is 1. The number of hydrogen-bond donors (Lipinski definition) is 1. The summed E-state index contributed by atoms with van der Waals surface area (Å²) >= 11 is 1.19. The molecule has 0 saturated carbocycles. The van der Waals surface area contributed by atoms with Gasteiger partial charge in [-0.15, -0.1) is 11.3 Å². The Hall–Kier alpha value is -2.74. The summed E-state index contributed by atoms with van der Waals surface area (Å²) in [6.45, 7) is 0. The second-order valence-electron chi connectivity index (χ2n) is 4.81. The van der Waals surface area contributed by atoms with Crippen LogP contribution in [0.2, 0.25) is 0 Å². The third-order valence-corrected chi connectivity index (χ3v) is 3.91. The summed E-state index contributed by atoms with van der Waals surface area (Å²) in [6, 6.07) is 7.79. The predicted octanol–water partition coefficient (Wildman–Crippen LogP) is 4.48. The Morgan fingerprint density at radius 3 is 2.58 bits per heavy atom. The number of amides is 1. The van der Waals surface area contributed by atoms with Gasteiger partial charge in [0.1, 0.15) is 0 Å². The van der Waals surface area contributed by atoms with E-state index in [1.165, 1.54) is 23.5 Å².